The van der Waals surface area contributed by atoms with Gasteiger partial charge in [0.15, 0.2) is 11.7 Å². The van der Waals surface area contributed by atoms with Crippen molar-refractivity contribution in [2.45, 2.75) is 24.5 Å². The van der Waals surface area contributed by atoms with E-state index in [2.05, 4.69) is 19.9 Å². The smallest absolute Gasteiger partial charge is 0.353 e. The Balaban J connectivity index is 2.04. The van der Waals surface area contributed by atoms with Crippen molar-refractivity contribution in [3.63, 3.8) is 0 Å². The van der Waals surface area contributed by atoms with Gasteiger partial charge in [0.2, 0.25) is 0 Å². The molecule has 1 fully saturated rings. The van der Waals surface area contributed by atoms with Crippen molar-refractivity contribution >= 4 is 11.2 Å². The highest BCUT2D eigenvalue weighted by Gasteiger charge is 2.43. The predicted molar refractivity (Wildman–Crippen MR) is 56.9 cm³/mol. The van der Waals surface area contributed by atoms with Crippen molar-refractivity contribution in [1.29, 1.82) is 0 Å². The van der Waals surface area contributed by atoms with Gasteiger partial charge in [-0.05, 0) is 0 Å². The Labute approximate surface area is 104 Å². The van der Waals surface area contributed by atoms with Crippen LogP contribution in [0.1, 0.15) is 6.23 Å². The van der Waals surface area contributed by atoms with Crippen molar-refractivity contribution in [3.8, 4) is 0 Å². The maximum Gasteiger partial charge on any atom is 0.353 e. The van der Waals surface area contributed by atoms with Gasteiger partial charge in [-0.3, -0.25) is 4.57 Å². The summed E-state index contributed by atoms with van der Waals surface area (Å²) in [7, 11) is 0. The minimum atomic E-state index is -1.37. The zero-order valence-corrected chi connectivity index (χ0v) is 9.45. The number of hydrogen-bond acceptors (Lipinski definition) is 9. The summed E-state index contributed by atoms with van der Waals surface area (Å²) in [6.07, 6.45) is -3.55. The molecule has 0 aromatic carbocycles. The molecule has 0 saturated carbocycles. The molecule has 10 heteroatoms. The Hall–Kier alpha value is -1.88. The van der Waals surface area contributed by atoms with Crippen LogP contribution >= 0.6 is 0 Å². The molecule has 3 heterocycles. The molecule has 102 valence electrons. The molecule has 0 unspecified atom stereocenters. The average molecular weight is 270 g/mol. The lowest BCUT2D eigenvalue weighted by Gasteiger charge is -2.16. The van der Waals surface area contributed by atoms with Crippen molar-refractivity contribution in [1.82, 2.24) is 19.9 Å². The number of aliphatic hydroxyl groups excluding tert-OH is 3. The molecule has 10 nitrogen and oxygen atoms in total. The molecule has 1 aliphatic rings. The molecule has 1 aliphatic heterocycles. The van der Waals surface area contributed by atoms with E-state index < -0.39 is 36.8 Å². The van der Waals surface area contributed by atoms with E-state index in [9.17, 15) is 15.0 Å². The molecule has 3 rings (SSSR count). The van der Waals surface area contributed by atoms with Gasteiger partial charge in [-0.25, -0.2) is 4.79 Å². The number of hydrogen-bond donors (Lipinski definition) is 3. The second-order valence-corrected chi connectivity index (χ2v) is 4.12. The van der Waals surface area contributed by atoms with Gasteiger partial charge in [0.1, 0.15) is 18.3 Å². The summed E-state index contributed by atoms with van der Waals surface area (Å²) in [5.41, 5.74) is -0.578. The first-order valence-electron chi connectivity index (χ1n) is 5.45. The third-order valence-corrected chi connectivity index (χ3v) is 2.97. The van der Waals surface area contributed by atoms with Crippen LogP contribution in [0.2, 0.25) is 0 Å². The summed E-state index contributed by atoms with van der Waals surface area (Å²) < 4.78 is 10.8. The van der Waals surface area contributed by atoms with Crippen molar-refractivity contribution < 1.29 is 24.6 Å². The Kier molecular flexibility index (Phi) is 2.78. The van der Waals surface area contributed by atoms with E-state index in [1.54, 1.807) is 0 Å². The lowest BCUT2D eigenvalue weighted by Crippen LogP contribution is -2.35. The molecule has 0 radical (unpaired) electrons. The third-order valence-electron chi connectivity index (χ3n) is 2.97. The van der Waals surface area contributed by atoms with E-state index in [4.69, 9.17) is 9.84 Å². The van der Waals surface area contributed by atoms with Gasteiger partial charge in [-0.1, -0.05) is 0 Å². The molecule has 2 aromatic rings. The van der Waals surface area contributed by atoms with E-state index in [0.29, 0.717) is 0 Å². The number of nitrogens with zero attached hydrogens (tertiary/aromatic N) is 4. The van der Waals surface area contributed by atoms with Gasteiger partial charge in [0.25, 0.3) is 5.71 Å². The van der Waals surface area contributed by atoms with Gasteiger partial charge in [0, 0.05) is 11.5 Å². The lowest BCUT2D eigenvalue weighted by molar-refractivity contribution is -0.0547. The fourth-order valence-electron chi connectivity index (χ4n) is 1.98. The van der Waals surface area contributed by atoms with Crippen molar-refractivity contribution in [2.24, 2.45) is 0 Å². The summed E-state index contributed by atoms with van der Waals surface area (Å²) in [5.74, 6) is 0. The number of aromatic nitrogens is 4. The van der Waals surface area contributed by atoms with Crippen molar-refractivity contribution in [3.05, 3.63) is 16.7 Å². The topological polar surface area (TPSA) is 144 Å². The number of aliphatic hydroxyl groups is 3. The summed E-state index contributed by atoms with van der Waals surface area (Å²) in [4.78, 5) is 15.3. The number of fused-ring (bicyclic) bond motifs is 1. The van der Waals surface area contributed by atoms with Gasteiger partial charge in [-0.2, -0.15) is 4.98 Å². The highest BCUT2D eigenvalue weighted by Crippen LogP contribution is 2.28. The Morgan fingerprint density at radius 1 is 1.37 bits per heavy atom. The highest BCUT2D eigenvalue weighted by molar-refractivity contribution is 5.64. The van der Waals surface area contributed by atoms with Crippen LogP contribution in [0.25, 0.3) is 11.2 Å². The zero-order chi connectivity index (χ0) is 13.6. The van der Waals surface area contributed by atoms with E-state index in [-0.39, 0.29) is 11.2 Å². The van der Waals surface area contributed by atoms with Crippen LogP contribution in [0.15, 0.2) is 15.5 Å². The van der Waals surface area contributed by atoms with Crippen molar-refractivity contribution in [2.75, 3.05) is 6.61 Å². The van der Waals surface area contributed by atoms with Crippen LogP contribution < -0.4 is 5.69 Å². The fourth-order valence-corrected chi connectivity index (χ4v) is 1.98. The monoisotopic (exact) mass is 270 g/mol. The Bertz CT molecular complexity index is 653. The summed E-state index contributed by atoms with van der Waals surface area (Å²) in [6, 6.07) is 0. The fraction of sp³-hybridized carbons (Fsp3) is 0.556. The van der Waals surface area contributed by atoms with Gasteiger partial charge in [-0.15, -0.1) is 5.10 Å². The minimum Gasteiger partial charge on any atom is -0.394 e. The number of ether oxygens (including phenoxy) is 1. The van der Waals surface area contributed by atoms with Crippen LogP contribution in [-0.4, -0.2) is 60.2 Å². The van der Waals surface area contributed by atoms with E-state index in [0.717, 1.165) is 4.57 Å². The maximum absolute atomic E-state index is 11.8. The van der Waals surface area contributed by atoms with Gasteiger partial charge >= 0.3 is 5.69 Å². The Morgan fingerprint density at radius 3 is 2.84 bits per heavy atom. The van der Waals surface area contributed by atoms with E-state index in [1.807, 2.05) is 0 Å². The summed E-state index contributed by atoms with van der Waals surface area (Å²) in [6.45, 7) is -0.481. The number of rotatable bonds is 2. The molecule has 4 atom stereocenters. The third kappa shape index (κ3) is 1.81. The van der Waals surface area contributed by atoms with Crippen LogP contribution in [0.5, 0.6) is 0 Å². The molecule has 1 saturated heterocycles. The minimum absolute atomic E-state index is 0.0343. The molecule has 0 bridgehead atoms. The second kappa shape index (κ2) is 4.35. The average Bonchev–Trinajstić information content (AvgIpc) is 2.95. The molecule has 19 heavy (non-hydrogen) atoms. The predicted octanol–water partition coefficient (Wildman–Crippen LogP) is -2.61. The molecular formula is C9H10N4O6. The maximum atomic E-state index is 11.8. The van der Waals surface area contributed by atoms with Crippen LogP contribution in [0.3, 0.4) is 0 Å². The van der Waals surface area contributed by atoms with Crippen LogP contribution in [-0.2, 0) is 4.74 Å². The molecule has 2 aromatic heterocycles. The summed E-state index contributed by atoms with van der Waals surface area (Å²) >= 11 is 0. The summed E-state index contributed by atoms with van der Waals surface area (Å²) in [5, 5.41) is 35.3. The zero-order valence-electron chi connectivity index (χ0n) is 9.45. The lowest BCUT2D eigenvalue weighted by atomic mass is 10.1. The second-order valence-electron chi connectivity index (χ2n) is 4.12. The van der Waals surface area contributed by atoms with Crippen LogP contribution in [0.4, 0.5) is 0 Å². The van der Waals surface area contributed by atoms with E-state index in [1.165, 1.54) is 6.20 Å². The standard InChI is InChI=1S/C9H10N4O6/c14-2-4-5(15)6(16)8(18-4)13-1-3-7(10-9(13)17)19-12-11-3/h1,4-6,8,14-16H,2H2/t4-,5-,6-,8-/m1/s1. The largest absolute Gasteiger partial charge is 0.394 e. The molecule has 3 N–H and O–H groups in total. The van der Waals surface area contributed by atoms with Gasteiger partial charge < -0.3 is 24.6 Å². The quantitative estimate of drug-likeness (QED) is 0.534. The first kappa shape index (κ1) is 12.2. The first-order valence-corrected chi connectivity index (χ1v) is 5.45. The molecule has 0 spiro atoms. The SMILES string of the molecule is O=c1nc2onnc2cn1[C@@H]1O[C@H](CO)[C@@H](O)[C@H]1O. The molecule has 0 aliphatic carbocycles. The Morgan fingerprint density at radius 2 is 2.16 bits per heavy atom. The van der Waals surface area contributed by atoms with Crippen LogP contribution in [0, 0.1) is 0 Å². The normalized spacial score (nSPS) is 31.1. The van der Waals surface area contributed by atoms with E-state index >= 15 is 0 Å². The highest BCUT2D eigenvalue weighted by atomic mass is 16.6. The van der Waals surface area contributed by atoms with Gasteiger partial charge in [0.05, 0.1) is 6.61 Å². The first-order chi connectivity index (χ1) is 9.11. The molecular weight excluding hydrogens is 260 g/mol. The molecule has 0 amide bonds.